The summed E-state index contributed by atoms with van der Waals surface area (Å²) in [6.07, 6.45) is 1.21. The molecule has 1 fully saturated rings. The van der Waals surface area contributed by atoms with Crippen molar-refractivity contribution in [1.82, 2.24) is 0 Å². The van der Waals surface area contributed by atoms with Gasteiger partial charge in [0.2, 0.25) is 0 Å². The minimum atomic E-state index is -0.153. The molecule has 3 rings (SSSR count). The third-order valence-electron chi connectivity index (χ3n) is 4.32. The Morgan fingerprint density at radius 3 is 2.30 bits per heavy atom. The van der Waals surface area contributed by atoms with Gasteiger partial charge in [0, 0.05) is 6.42 Å². The van der Waals surface area contributed by atoms with Crippen LogP contribution in [0, 0.1) is 5.92 Å². The number of carbonyl (C=O) groups excluding carboxylic acids is 1. The Kier molecular flexibility index (Phi) is 5.09. The van der Waals surface area contributed by atoms with Crippen molar-refractivity contribution in [3.63, 3.8) is 0 Å². The van der Waals surface area contributed by atoms with Crippen molar-refractivity contribution in [2.75, 3.05) is 0 Å². The van der Waals surface area contributed by atoms with Crippen LogP contribution in [0.15, 0.2) is 60.7 Å². The molecule has 2 aromatic carbocycles. The molecule has 0 N–H and O–H groups in total. The Morgan fingerprint density at radius 2 is 1.65 bits per heavy atom. The molecule has 1 heterocycles. The number of cyclic esters (lactones) is 1. The summed E-state index contributed by atoms with van der Waals surface area (Å²) in [5.74, 6) is -0.167. The van der Waals surface area contributed by atoms with Crippen LogP contribution in [-0.2, 0) is 27.3 Å². The molecular weight excluding hydrogens is 288 g/mol. The van der Waals surface area contributed by atoms with E-state index in [1.807, 2.05) is 55.5 Å². The second-order valence-corrected chi connectivity index (χ2v) is 6.10. The highest BCUT2D eigenvalue weighted by atomic mass is 16.6. The number of hydrogen-bond donors (Lipinski definition) is 0. The van der Waals surface area contributed by atoms with E-state index in [0.717, 1.165) is 18.4 Å². The maximum absolute atomic E-state index is 12.1. The fourth-order valence-corrected chi connectivity index (χ4v) is 2.93. The Labute approximate surface area is 137 Å². The van der Waals surface area contributed by atoms with Crippen molar-refractivity contribution in [3.05, 3.63) is 71.8 Å². The highest BCUT2D eigenvalue weighted by molar-refractivity contribution is 5.75. The Morgan fingerprint density at radius 1 is 1.04 bits per heavy atom. The standard InChI is InChI=1S/C20H22O3/c1-15(22-14-17-10-6-3-7-11-17)19-13-18(20(21)23-19)12-16-8-4-2-5-9-16/h2-11,15,18-19H,12-14H2,1H3/t15-,18+,19-/m0/s1. The minimum absolute atomic E-state index is 0.0647. The van der Waals surface area contributed by atoms with Gasteiger partial charge < -0.3 is 9.47 Å². The third-order valence-corrected chi connectivity index (χ3v) is 4.32. The molecule has 0 aromatic heterocycles. The molecule has 1 aliphatic rings. The summed E-state index contributed by atoms with van der Waals surface area (Å²) in [6.45, 7) is 2.52. The summed E-state index contributed by atoms with van der Waals surface area (Å²) >= 11 is 0. The van der Waals surface area contributed by atoms with Gasteiger partial charge >= 0.3 is 5.97 Å². The first kappa shape index (κ1) is 15.8. The van der Waals surface area contributed by atoms with Gasteiger partial charge in [-0.2, -0.15) is 0 Å². The van der Waals surface area contributed by atoms with Crippen LogP contribution in [0.25, 0.3) is 0 Å². The highest BCUT2D eigenvalue weighted by Gasteiger charge is 2.37. The van der Waals surface area contributed by atoms with Crippen LogP contribution in [0.4, 0.5) is 0 Å². The van der Waals surface area contributed by atoms with Gasteiger partial charge in [0.1, 0.15) is 6.10 Å². The second-order valence-electron chi connectivity index (χ2n) is 6.10. The molecule has 3 atom stereocenters. The van der Waals surface area contributed by atoms with E-state index in [4.69, 9.17) is 9.47 Å². The molecule has 0 spiro atoms. The topological polar surface area (TPSA) is 35.5 Å². The van der Waals surface area contributed by atoms with Gasteiger partial charge in [-0.3, -0.25) is 4.79 Å². The lowest BCUT2D eigenvalue weighted by Gasteiger charge is -2.18. The maximum Gasteiger partial charge on any atom is 0.309 e. The van der Waals surface area contributed by atoms with Gasteiger partial charge in [0.05, 0.1) is 18.6 Å². The van der Waals surface area contributed by atoms with Gasteiger partial charge in [0.25, 0.3) is 0 Å². The normalized spacial score (nSPS) is 21.9. The van der Waals surface area contributed by atoms with Gasteiger partial charge in [0.15, 0.2) is 0 Å². The molecule has 2 aromatic rings. The lowest BCUT2D eigenvalue weighted by molar-refractivity contribution is -0.149. The van der Waals surface area contributed by atoms with Crippen molar-refractivity contribution in [1.29, 1.82) is 0 Å². The van der Waals surface area contributed by atoms with Gasteiger partial charge in [-0.15, -0.1) is 0 Å². The van der Waals surface area contributed by atoms with E-state index < -0.39 is 0 Å². The van der Waals surface area contributed by atoms with Crippen LogP contribution in [0.3, 0.4) is 0 Å². The molecule has 0 amide bonds. The molecule has 3 nitrogen and oxygen atoms in total. The molecule has 0 aliphatic carbocycles. The number of rotatable bonds is 6. The van der Waals surface area contributed by atoms with E-state index in [2.05, 4.69) is 12.1 Å². The lowest BCUT2D eigenvalue weighted by atomic mass is 9.95. The number of ether oxygens (including phenoxy) is 2. The molecule has 0 unspecified atom stereocenters. The molecule has 0 radical (unpaired) electrons. The smallest absolute Gasteiger partial charge is 0.309 e. The zero-order valence-corrected chi connectivity index (χ0v) is 13.4. The summed E-state index contributed by atoms with van der Waals surface area (Å²) in [4.78, 5) is 12.1. The average Bonchev–Trinajstić information content (AvgIpc) is 2.95. The third kappa shape index (κ3) is 4.20. The molecule has 1 aliphatic heterocycles. The van der Waals surface area contributed by atoms with Crippen molar-refractivity contribution in [2.45, 2.75) is 38.6 Å². The van der Waals surface area contributed by atoms with E-state index in [0.29, 0.717) is 6.61 Å². The monoisotopic (exact) mass is 310 g/mol. The van der Waals surface area contributed by atoms with Crippen molar-refractivity contribution in [2.24, 2.45) is 5.92 Å². The summed E-state index contributed by atoms with van der Waals surface area (Å²) < 4.78 is 11.4. The SMILES string of the molecule is C[C@H](OCc1ccccc1)[C@@H]1C[C@@H](Cc2ccccc2)C(=O)O1. The van der Waals surface area contributed by atoms with E-state index in [9.17, 15) is 4.79 Å². The summed E-state index contributed by atoms with van der Waals surface area (Å²) in [7, 11) is 0. The first-order chi connectivity index (χ1) is 11.2. The molecule has 23 heavy (non-hydrogen) atoms. The summed E-state index contributed by atoms with van der Waals surface area (Å²) in [5.41, 5.74) is 2.30. The molecule has 120 valence electrons. The number of carbonyl (C=O) groups is 1. The molecular formula is C20H22O3. The zero-order valence-electron chi connectivity index (χ0n) is 13.4. The molecule has 0 bridgehead atoms. The molecule has 1 saturated heterocycles. The molecule has 0 saturated carbocycles. The van der Waals surface area contributed by atoms with Crippen molar-refractivity contribution >= 4 is 5.97 Å². The lowest BCUT2D eigenvalue weighted by Crippen LogP contribution is -2.25. The number of hydrogen-bond acceptors (Lipinski definition) is 3. The fourth-order valence-electron chi connectivity index (χ4n) is 2.93. The van der Waals surface area contributed by atoms with Crippen LogP contribution < -0.4 is 0 Å². The van der Waals surface area contributed by atoms with Crippen LogP contribution in [-0.4, -0.2) is 18.2 Å². The average molecular weight is 310 g/mol. The van der Waals surface area contributed by atoms with Crippen LogP contribution in [0.5, 0.6) is 0 Å². The van der Waals surface area contributed by atoms with Crippen LogP contribution in [0.1, 0.15) is 24.5 Å². The van der Waals surface area contributed by atoms with E-state index >= 15 is 0 Å². The zero-order chi connectivity index (χ0) is 16.1. The Balaban J connectivity index is 1.52. The Bertz CT molecular complexity index is 624. The van der Waals surface area contributed by atoms with Crippen LogP contribution in [0.2, 0.25) is 0 Å². The predicted octanol–water partition coefficient (Wildman–Crippen LogP) is 3.77. The van der Waals surface area contributed by atoms with Crippen molar-refractivity contribution in [3.8, 4) is 0 Å². The van der Waals surface area contributed by atoms with E-state index in [-0.39, 0.29) is 24.1 Å². The number of benzene rings is 2. The van der Waals surface area contributed by atoms with Gasteiger partial charge in [-0.25, -0.2) is 0 Å². The quantitative estimate of drug-likeness (QED) is 0.762. The van der Waals surface area contributed by atoms with Gasteiger partial charge in [-0.1, -0.05) is 60.7 Å². The minimum Gasteiger partial charge on any atom is -0.459 e. The maximum atomic E-state index is 12.1. The van der Waals surface area contributed by atoms with Gasteiger partial charge in [-0.05, 0) is 24.5 Å². The van der Waals surface area contributed by atoms with E-state index in [1.165, 1.54) is 5.56 Å². The summed E-state index contributed by atoms with van der Waals surface area (Å²) in [6, 6.07) is 20.1. The first-order valence-corrected chi connectivity index (χ1v) is 8.12. The second kappa shape index (κ2) is 7.42. The van der Waals surface area contributed by atoms with E-state index in [1.54, 1.807) is 0 Å². The van der Waals surface area contributed by atoms with Crippen LogP contribution >= 0.6 is 0 Å². The summed E-state index contributed by atoms with van der Waals surface area (Å²) in [5, 5.41) is 0. The largest absolute Gasteiger partial charge is 0.459 e. The molecule has 3 heteroatoms. The number of esters is 1. The predicted molar refractivity (Wildman–Crippen MR) is 88.8 cm³/mol. The first-order valence-electron chi connectivity index (χ1n) is 8.12. The highest BCUT2D eigenvalue weighted by Crippen LogP contribution is 2.28. The van der Waals surface area contributed by atoms with Crippen molar-refractivity contribution < 1.29 is 14.3 Å². The fraction of sp³-hybridized carbons (Fsp3) is 0.350. The Hall–Kier alpha value is -2.13.